The summed E-state index contributed by atoms with van der Waals surface area (Å²) in [4.78, 5) is 2.41. The van der Waals surface area contributed by atoms with Crippen LogP contribution >= 0.6 is 0 Å². The highest BCUT2D eigenvalue weighted by Gasteiger charge is 2.22. The van der Waals surface area contributed by atoms with Crippen molar-refractivity contribution in [2.24, 2.45) is 0 Å². The van der Waals surface area contributed by atoms with Crippen LogP contribution in [0.25, 0.3) is 0 Å². The maximum Gasteiger partial charge on any atom is 0.126 e. The van der Waals surface area contributed by atoms with Crippen LogP contribution < -0.4 is 5.32 Å². The predicted molar refractivity (Wildman–Crippen MR) is 79.2 cm³/mol. The molecule has 3 nitrogen and oxygen atoms in total. The first-order valence-corrected chi connectivity index (χ1v) is 7.59. The summed E-state index contributed by atoms with van der Waals surface area (Å²) in [6, 6.07) is 4.11. The molecule has 2 unspecified atom stereocenters. The van der Waals surface area contributed by atoms with Crippen LogP contribution in [0.1, 0.15) is 31.4 Å². The van der Waals surface area contributed by atoms with Crippen LogP contribution in [0.4, 0.5) is 8.78 Å². The molecule has 21 heavy (non-hydrogen) atoms. The lowest BCUT2D eigenvalue weighted by Crippen LogP contribution is -2.46. The molecule has 0 aliphatic carbocycles. The van der Waals surface area contributed by atoms with Crippen LogP contribution in [0.5, 0.6) is 0 Å². The molecule has 0 aromatic heterocycles. The Morgan fingerprint density at radius 2 is 2.05 bits per heavy atom. The maximum absolute atomic E-state index is 13.3. The summed E-state index contributed by atoms with van der Waals surface area (Å²) < 4.78 is 32.2. The average Bonchev–Trinajstić information content (AvgIpc) is 2.47. The van der Waals surface area contributed by atoms with Crippen molar-refractivity contribution in [1.29, 1.82) is 0 Å². The molecule has 0 saturated carbocycles. The third-order valence-electron chi connectivity index (χ3n) is 4.16. The molecular formula is C16H24F2N2O. The molecule has 1 heterocycles. The zero-order valence-electron chi connectivity index (χ0n) is 12.7. The van der Waals surface area contributed by atoms with Crippen molar-refractivity contribution in [3.63, 3.8) is 0 Å². The van der Waals surface area contributed by atoms with Gasteiger partial charge in [-0.25, -0.2) is 8.78 Å². The molecule has 1 aromatic rings. The smallest absolute Gasteiger partial charge is 0.126 e. The number of ether oxygens (including phenoxy) is 1. The molecule has 118 valence electrons. The second kappa shape index (κ2) is 7.82. The van der Waals surface area contributed by atoms with Gasteiger partial charge in [0.2, 0.25) is 0 Å². The largest absolute Gasteiger partial charge is 0.378 e. The van der Waals surface area contributed by atoms with E-state index in [4.69, 9.17) is 4.74 Å². The van der Waals surface area contributed by atoms with Crippen LogP contribution in [0, 0.1) is 11.6 Å². The van der Waals surface area contributed by atoms with Crippen molar-refractivity contribution in [3.8, 4) is 0 Å². The van der Waals surface area contributed by atoms with E-state index in [1.165, 1.54) is 12.1 Å². The van der Waals surface area contributed by atoms with E-state index in [0.29, 0.717) is 11.6 Å². The Labute approximate surface area is 125 Å². The average molecular weight is 298 g/mol. The summed E-state index contributed by atoms with van der Waals surface area (Å²) in [5.74, 6) is -1.05. The first kappa shape index (κ1) is 16.3. The molecular weight excluding hydrogens is 274 g/mol. The number of nitrogens with zero attached hydrogens (tertiary/aromatic N) is 1. The number of morpholine rings is 1. The van der Waals surface area contributed by atoms with Crippen LogP contribution in [-0.4, -0.2) is 44.3 Å². The lowest BCUT2D eigenvalue weighted by Gasteiger charge is -2.35. The number of hydrogen-bond donors (Lipinski definition) is 1. The Hall–Kier alpha value is -1.04. The second-order valence-electron chi connectivity index (χ2n) is 5.51. The quantitative estimate of drug-likeness (QED) is 0.874. The standard InChI is InChI=1S/C16H24F2N2O/c1-3-15-11-21-7-6-20(15)5-4-16(19-2)12-8-13(17)10-14(18)9-12/h8-10,15-16,19H,3-7,11H2,1-2H3. The first-order chi connectivity index (χ1) is 10.1. The fourth-order valence-corrected chi connectivity index (χ4v) is 2.91. The van der Waals surface area contributed by atoms with Crippen molar-refractivity contribution in [2.75, 3.05) is 33.4 Å². The van der Waals surface area contributed by atoms with Crippen LogP contribution in [0.3, 0.4) is 0 Å². The fraction of sp³-hybridized carbons (Fsp3) is 0.625. The molecule has 2 rings (SSSR count). The van der Waals surface area contributed by atoms with Gasteiger partial charge in [-0.15, -0.1) is 0 Å². The molecule has 2 atom stereocenters. The van der Waals surface area contributed by atoms with Gasteiger partial charge in [-0.2, -0.15) is 0 Å². The molecule has 0 spiro atoms. The van der Waals surface area contributed by atoms with E-state index in [1.807, 2.05) is 7.05 Å². The van der Waals surface area contributed by atoms with Gasteiger partial charge >= 0.3 is 0 Å². The van der Waals surface area contributed by atoms with E-state index in [1.54, 1.807) is 0 Å². The van der Waals surface area contributed by atoms with Crippen LogP contribution in [0.15, 0.2) is 18.2 Å². The van der Waals surface area contributed by atoms with Gasteiger partial charge in [-0.1, -0.05) is 6.92 Å². The topological polar surface area (TPSA) is 24.5 Å². The van der Waals surface area contributed by atoms with Gasteiger partial charge in [0.1, 0.15) is 11.6 Å². The third-order valence-corrected chi connectivity index (χ3v) is 4.16. The summed E-state index contributed by atoms with van der Waals surface area (Å²) in [5, 5.41) is 3.15. The lowest BCUT2D eigenvalue weighted by molar-refractivity contribution is -0.00997. The Balaban J connectivity index is 1.98. The van der Waals surface area contributed by atoms with E-state index in [9.17, 15) is 8.78 Å². The van der Waals surface area contributed by atoms with Crippen LogP contribution in [-0.2, 0) is 4.74 Å². The summed E-state index contributed by atoms with van der Waals surface area (Å²) in [5.41, 5.74) is 0.663. The lowest BCUT2D eigenvalue weighted by atomic mass is 10.0. The van der Waals surface area contributed by atoms with Gasteiger partial charge in [0.25, 0.3) is 0 Å². The normalized spacial score (nSPS) is 21.4. The number of hydrogen-bond acceptors (Lipinski definition) is 3. The summed E-state index contributed by atoms with van der Waals surface area (Å²) in [6.45, 7) is 5.51. The van der Waals surface area contributed by atoms with E-state index >= 15 is 0 Å². The molecule has 1 aliphatic rings. The van der Waals surface area contributed by atoms with Crippen molar-refractivity contribution in [1.82, 2.24) is 10.2 Å². The summed E-state index contributed by atoms with van der Waals surface area (Å²) in [7, 11) is 1.82. The Morgan fingerprint density at radius 1 is 1.33 bits per heavy atom. The maximum atomic E-state index is 13.3. The summed E-state index contributed by atoms with van der Waals surface area (Å²) in [6.07, 6.45) is 1.87. The van der Waals surface area contributed by atoms with Gasteiger partial charge < -0.3 is 10.1 Å². The minimum absolute atomic E-state index is 0.0458. The van der Waals surface area contributed by atoms with Crippen LogP contribution in [0.2, 0.25) is 0 Å². The Bertz CT molecular complexity index is 436. The van der Waals surface area contributed by atoms with Crippen molar-refractivity contribution in [3.05, 3.63) is 35.4 Å². The SMILES string of the molecule is CCC1COCCN1CCC(NC)c1cc(F)cc(F)c1. The van der Waals surface area contributed by atoms with E-state index in [-0.39, 0.29) is 6.04 Å². The first-order valence-electron chi connectivity index (χ1n) is 7.59. The monoisotopic (exact) mass is 298 g/mol. The van der Waals surface area contributed by atoms with Gasteiger partial charge in [0.05, 0.1) is 13.2 Å². The number of benzene rings is 1. The molecule has 0 bridgehead atoms. The molecule has 0 amide bonds. The number of nitrogens with one attached hydrogen (secondary N) is 1. The predicted octanol–water partition coefficient (Wildman–Crippen LogP) is 2.73. The highest BCUT2D eigenvalue weighted by molar-refractivity contribution is 5.21. The number of halogens is 2. The van der Waals surface area contributed by atoms with Gasteiger partial charge in [0.15, 0.2) is 0 Å². The molecule has 5 heteroatoms. The van der Waals surface area contributed by atoms with Gasteiger partial charge in [0, 0.05) is 31.2 Å². The number of rotatable bonds is 6. The third kappa shape index (κ3) is 4.46. The van der Waals surface area contributed by atoms with E-state index in [0.717, 1.165) is 45.2 Å². The van der Waals surface area contributed by atoms with Crippen molar-refractivity contribution >= 4 is 0 Å². The zero-order chi connectivity index (χ0) is 15.2. The van der Waals surface area contributed by atoms with E-state index < -0.39 is 11.6 Å². The van der Waals surface area contributed by atoms with Gasteiger partial charge in [-0.3, -0.25) is 4.90 Å². The molecule has 1 aliphatic heterocycles. The molecule has 1 saturated heterocycles. The minimum atomic E-state index is -0.525. The molecule has 1 N–H and O–H groups in total. The highest BCUT2D eigenvalue weighted by atomic mass is 19.1. The Kier molecular flexibility index (Phi) is 6.08. The van der Waals surface area contributed by atoms with Gasteiger partial charge in [-0.05, 0) is 37.6 Å². The van der Waals surface area contributed by atoms with Crippen molar-refractivity contribution < 1.29 is 13.5 Å². The minimum Gasteiger partial charge on any atom is -0.378 e. The van der Waals surface area contributed by atoms with E-state index in [2.05, 4.69) is 17.1 Å². The fourth-order valence-electron chi connectivity index (χ4n) is 2.91. The molecule has 1 fully saturated rings. The summed E-state index contributed by atoms with van der Waals surface area (Å²) >= 11 is 0. The Morgan fingerprint density at radius 3 is 2.67 bits per heavy atom. The van der Waals surface area contributed by atoms with Crippen molar-refractivity contribution in [2.45, 2.75) is 31.8 Å². The molecule has 1 aromatic carbocycles. The zero-order valence-corrected chi connectivity index (χ0v) is 12.7. The second-order valence-corrected chi connectivity index (χ2v) is 5.51. The highest BCUT2D eigenvalue weighted by Crippen LogP contribution is 2.21. The molecule has 0 radical (unpaired) electrons.